The van der Waals surface area contributed by atoms with Gasteiger partial charge in [0, 0.05) is 64.1 Å². The van der Waals surface area contributed by atoms with E-state index in [9.17, 15) is 9.18 Å². The van der Waals surface area contributed by atoms with Crippen molar-refractivity contribution < 1.29 is 13.9 Å². The van der Waals surface area contributed by atoms with Crippen molar-refractivity contribution in [3.63, 3.8) is 0 Å². The number of benzene rings is 1. The molecule has 0 atom stereocenters. The Morgan fingerprint density at radius 1 is 1.00 bits per heavy atom. The molecule has 0 bridgehead atoms. The molecule has 10 heteroatoms. The number of hydrogen-bond acceptors (Lipinski definition) is 6. The van der Waals surface area contributed by atoms with Crippen LogP contribution >= 0.6 is 0 Å². The van der Waals surface area contributed by atoms with Crippen LogP contribution in [0.25, 0.3) is 55.7 Å². The molecule has 0 saturated heterocycles. The molecule has 3 N–H and O–H groups in total. The van der Waals surface area contributed by atoms with Crippen LogP contribution in [0.5, 0.6) is 5.75 Å². The van der Waals surface area contributed by atoms with Gasteiger partial charge in [-0.25, -0.2) is 9.37 Å². The molecule has 0 aliphatic carbocycles. The number of aromatic amines is 2. The fourth-order valence-electron chi connectivity index (χ4n) is 4.62. The van der Waals surface area contributed by atoms with E-state index >= 15 is 0 Å². The van der Waals surface area contributed by atoms with Gasteiger partial charge < -0.3 is 15.0 Å². The SMILES string of the molecule is CCCC(=O)Nc1cncc(-c2cnc3n[nH]c(-c4cc5c(-c6cc(F)cc(OC)c6)nccc5[nH]4)c3c2)c1. The highest BCUT2D eigenvalue weighted by Crippen LogP contribution is 2.35. The third-order valence-corrected chi connectivity index (χ3v) is 6.44. The topological polar surface area (TPSA) is 121 Å². The van der Waals surface area contributed by atoms with Gasteiger partial charge in [-0.15, -0.1) is 0 Å². The van der Waals surface area contributed by atoms with Crippen LogP contribution in [0.2, 0.25) is 0 Å². The van der Waals surface area contributed by atoms with Gasteiger partial charge in [-0.05, 0) is 42.8 Å². The summed E-state index contributed by atoms with van der Waals surface area (Å²) in [6.45, 7) is 1.96. The second-order valence-electron chi connectivity index (χ2n) is 9.14. The van der Waals surface area contributed by atoms with Gasteiger partial charge >= 0.3 is 0 Å². The number of carbonyl (C=O) groups is 1. The zero-order valence-corrected chi connectivity index (χ0v) is 21.2. The number of fused-ring (bicyclic) bond motifs is 2. The highest BCUT2D eigenvalue weighted by Gasteiger charge is 2.16. The number of ether oxygens (including phenoxy) is 1. The normalized spacial score (nSPS) is 11.3. The second kappa shape index (κ2) is 9.97. The van der Waals surface area contributed by atoms with Crippen molar-refractivity contribution in [2.45, 2.75) is 19.8 Å². The molecule has 6 aromatic rings. The van der Waals surface area contributed by atoms with Gasteiger partial charge in [0.1, 0.15) is 11.6 Å². The Morgan fingerprint density at radius 3 is 2.72 bits per heavy atom. The number of H-pyrrole nitrogens is 2. The van der Waals surface area contributed by atoms with E-state index in [0.717, 1.165) is 45.2 Å². The predicted octanol–water partition coefficient (Wildman–Crippen LogP) is 6.12. The molecule has 1 aromatic carbocycles. The number of nitrogens with zero attached hydrogens (tertiary/aromatic N) is 4. The zero-order chi connectivity index (χ0) is 26.9. The first-order chi connectivity index (χ1) is 19.0. The lowest BCUT2D eigenvalue weighted by Gasteiger charge is -2.07. The number of aromatic nitrogens is 6. The van der Waals surface area contributed by atoms with Crippen LogP contribution in [0, 0.1) is 5.82 Å². The summed E-state index contributed by atoms with van der Waals surface area (Å²) in [5.74, 6) is -0.0340. The Labute approximate surface area is 222 Å². The molecular weight excluding hydrogens is 497 g/mol. The largest absolute Gasteiger partial charge is 0.497 e. The smallest absolute Gasteiger partial charge is 0.224 e. The Balaban J connectivity index is 1.40. The van der Waals surface area contributed by atoms with Gasteiger partial charge in [0.2, 0.25) is 5.91 Å². The summed E-state index contributed by atoms with van der Waals surface area (Å²) in [6.07, 6.45) is 7.98. The molecule has 194 valence electrons. The fourth-order valence-corrected chi connectivity index (χ4v) is 4.62. The first-order valence-corrected chi connectivity index (χ1v) is 12.4. The van der Waals surface area contributed by atoms with E-state index in [2.05, 4.69) is 35.5 Å². The van der Waals surface area contributed by atoms with Gasteiger partial charge in [0.25, 0.3) is 0 Å². The number of carbonyl (C=O) groups excluding carboxylic acids is 1. The van der Waals surface area contributed by atoms with Crippen molar-refractivity contribution in [2.24, 2.45) is 0 Å². The standard InChI is InChI=1S/C29H24FN7O2/c1-3-4-26(38)34-20-8-17(13-31-15-20)18-10-23-28(36-37-29(23)33-14-18)25-12-22-24(35-25)5-6-32-27(22)16-7-19(30)11-21(9-16)39-2/h5-15,35H,3-4H2,1-2H3,(H,34,38)(H,33,36,37). The van der Waals surface area contributed by atoms with E-state index in [1.165, 1.54) is 19.2 Å². The Kier molecular flexibility index (Phi) is 6.20. The van der Waals surface area contributed by atoms with Crippen LogP contribution in [-0.4, -0.2) is 43.2 Å². The third kappa shape index (κ3) is 4.68. The van der Waals surface area contributed by atoms with E-state index in [4.69, 9.17) is 4.74 Å². The molecule has 9 nitrogen and oxygen atoms in total. The molecule has 0 spiro atoms. The molecule has 0 saturated carbocycles. The van der Waals surface area contributed by atoms with Gasteiger partial charge in [-0.3, -0.25) is 19.9 Å². The molecule has 39 heavy (non-hydrogen) atoms. The lowest BCUT2D eigenvalue weighted by atomic mass is 10.1. The Morgan fingerprint density at radius 2 is 1.87 bits per heavy atom. The van der Waals surface area contributed by atoms with Crippen LogP contribution in [0.4, 0.5) is 10.1 Å². The van der Waals surface area contributed by atoms with E-state index < -0.39 is 5.82 Å². The van der Waals surface area contributed by atoms with E-state index in [0.29, 0.717) is 34.8 Å². The maximum absolute atomic E-state index is 14.2. The maximum Gasteiger partial charge on any atom is 0.224 e. The lowest BCUT2D eigenvalue weighted by Crippen LogP contribution is -2.10. The van der Waals surface area contributed by atoms with Crippen molar-refractivity contribution >= 4 is 33.5 Å². The molecular formula is C29H24FN7O2. The van der Waals surface area contributed by atoms with E-state index in [-0.39, 0.29) is 5.91 Å². The van der Waals surface area contributed by atoms with Crippen LogP contribution in [0.1, 0.15) is 19.8 Å². The van der Waals surface area contributed by atoms with Crippen molar-refractivity contribution in [1.29, 1.82) is 0 Å². The number of anilines is 1. The predicted molar refractivity (Wildman–Crippen MR) is 148 cm³/mol. The van der Waals surface area contributed by atoms with Gasteiger partial charge in [-0.1, -0.05) is 6.92 Å². The average Bonchev–Trinajstić information content (AvgIpc) is 3.56. The van der Waals surface area contributed by atoms with Crippen molar-refractivity contribution in [1.82, 2.24) is 30.1 Å². The van der Waals surface area contributed by atoms with Gasteiger partial charge in [0.05, 0.1) is 36.1 Å². The molecule has 5 heterocycles. The summed E-state index contributed by atoms with van der Waals surface area (Å²) >= 11 is 0. The van der Waals surface area contributed by atoms with Crippen molar-refractivity contribution in [3.05, 3.63) is 73.1 Å². The molecule has 1 amide bonds. The Bertz CT molecular complexity index is 1840. The minimum atomic E-state index is -0.402. The quantitative estimate of drug-likeness (QED) is 0.233. The molecule has 0 fully saturated rings. The summed E-state index contributed by atoms with van der Waals surface area (Å²) in [4.78, 5) is 28.8. The zero-order valence-electron chi connectivity index (χ0n) is 21.2. The number of halogens is 1. The third-order valence-electron chi connectivity index (χ3n) is 6.44. The van der Waals surface area contributed by atoms with Crippen molar-refractivity contribution in [2.75, 3.05) is 12.4 Å². The molecule has 5 aromatic heterocycles. The van der Waals surface area contributed by atoms with Crippen LogP contribution in [0.15, 0.2) is 67.3 Å². The van der Waals surface area contributed by atoms with E-state index in [1.807, 2.05) is 31.2 Å². The first kappa shape index (κ1) is 24.2. The second-order valence-corrected chi connectivity index (χ2v) is 9.14. The summed E-state index contributed by atoms with van der Waals surface area (Å²) in [7, 11) is 1.50. The number of nitrogens with one attached hydrogen (secondary N) is 3. The molecule has 6 rings (SSSR count). The van der Waals surface area contributed by atoms with Crippen LogP contribution < -0.4 is 10.1 Å². The van der Waals surface area contributed by atoms with Crippen molar-refractivity contribution in [3.8, 4) is 39.5 Å². The number of hydrogen-bond donors (Lipinski definition) is 3. The minimum absolute atomic E-state index is 0.0495. The highest BCUT2D eigenvalue weighted by atomic mass is 19.1. The number of pyridine rings is 3. The number of rotatable bonds is 7. The lowest BCUT2D eigenvalue weighted by molar-refractivity contribution is -0.116. The summed E-state index contributed by atoms with van der Waals surface area (Å²) in [5.41, 5.74) is 6.43. The van der Waals surface area contributed by atoms with Gasteiger partial charge in [0.15, 0.2) is 5.65 Å². The van der Waals surface area contributed by atoms with E-state index in [1.54, 1.807) is 30.9 Å². The minimum Gasteiger partial charge on any atom is -0.497 e. The first-order valence-electron chi connectivity index (χ1n) is 12.4. The van der Waals surface area contributed by atoms with Gasteiger partial charge in [-0.2, -0.15) is 5.10 Å². The summed E-state index contributed by atoms with van der Waals surface area (Å²) < 4.78 is 19.5. The average molecular weight is 522 g/mol. The maximum atomic E-state index is 14.2. The number of methoxy groups -OCH3 is 1. The Hall–Kier alpha value is -5.12. The van der Waals surface area contributed by atoms with Crippen LogP contribution in [-0.2, 0) is 4.79 Å². The van der Waals surface area contributed by atoms with Crippen LogP contribution in [0.3, 0.4) is 0 Å². The number of amides is 1. The molecule has 0 unspecified atom stereocenters. The fraction of sp³-hybridized carbons (Fsp3) is 0.138. The molecule has 0 aliphatic heterocycles. The summed E-state index contributed by atoms with van der Waals surface area (Å²) in [5, 5.41) is 12.0. The summed E-state index contributed by atoms with van der Waals surface area (Å²) in [6, 6.07) is 12.2. The highest BCUT2D eigenvalue weighted by molar-refractivity contribution is 6.00. The monoisotopic (exact) mass is 521 g/mol. The molecule has 0 aliphatic rings. The molecule has 0 radical (unpaired) electrons.